The van der Waals surface area contributed by atoms with Crippen molar-refractivity contribution in [2.45, 2.75) is 12.8 Å². The second-order valence-corrected chi connectivity index (χ2v) is 4.73. The largest absolute Gasteiger partial charge is 0.417 e. The van der Waals surface area contributed by atoms with Gasteiger partial charge in [0.1, 0.15) is 5.75 Å². The van der Waals surface area contributed by atoms with Gasteiger partial charge in [0.05, 0.1) is 0 Å². The van der Waals surface area contributed by atoms with E-state index in [0.717, 1.165) is 30.8 Å². The Hall–Kier alpha value is -2.49. The van der Waals surface area contributed by atoms with Gasteiger partial charge in [0, 0.05) is 17.9 Å². The minimum atomic E-state index is -0.472. The van der Waals surface area contributed by atoms with Crippen LogP contribution in [0, 0.1) is 0 Å². The number of benzene rings is 2. The Kier molecular flexibility index (Phi) is 3.54. The number of anilines is 2. The van der Waals surface area contributed by atoms with E-state index in [9.17, 15) is 4.79 Å². The Labute approximate surface area is 117 Å². The quantitative estimate of drug-likeness (QED) is 0.874. The van der Waals surface area contributed by atoms with Crippen LogP contribution in [0.15, 0.2) is 48.5 Å². The van der Waals surface area contributed by atoms with Crippen molar-refractivity contribution in [3.8, 4) is 5.75 Å². The zero-order valence-electron chi connectivity index (χ0n) is 11.1. The van der Waals surface area contributed by atoms with Gasteiger partial charge in [-0.05, 0) is 48.7 Å². The fourth-order valence-corrected chi connectivity index (χ4v) is 2.29. The summed E-state index contributed by atoms with van der Waals surface area (Å²) in [6, 6.07) is 14.9. The number of ether oxygens (including phenoxy) is 1. The minimum Gasteiger partial charge on any atom is -0.410 e. The van der Waals surface area contributed by atoms with Gasteiger partial charge in [-0.3, -0.25) is 5.32 Å². The van der Waals surface area contributed by atoms with Crippen LogP contribution in [0.4, 0.5) is 16.2 Å². The van der Waals surface area contributed by atoms with Gasteiger partial charge in [-0.2, -0.15) is 0 Å². The van der Waals surface area contributed by atoms with Gasteiger partial charge in [0.25, 0.3) is 0 Å². The Morgan fingerprint density at radius 1 is 1.15 bits per heavy atom. The van der Waals surface area contributed by atoms with Gasteiger partial charge in [-0.15, -0.1) is 0 Å². The lowest BCUT2D eigenvalue weighted by molar-refractivity contribution is 0.215. The molecule has 0 bridgehead atoms. The molecule has 0 spiro atoms. The topological polar surface area (TPSA) is 50.4 Å². The number of para-hydroxylation sites is 1. The van der Waals surface area contributed by atoms with Crippen LogP contribution >= 0.6 is 0 Å². The summed E-state index contributed by atoms with van der Waals surface area (Å²) in [5.74, 6) is 0.532. The molecule has 0 saturated heterocycles. The zero-order chi connectivity index (χ0) is 13.8. The van der Waals surface area contributed by atoms with Crippen LogP contribution in [0.25, 0.3) is 0 Å². The van der Waals surface area contributed by atoms with E-state index in [4.69, 9.17) is 4.74 Å². The van der Waals surface area contributed by atoms with Gasteiger partial charge in [-0.25, -0.2) is 4.79 Å². The molecule has 2 N–H and O–H groups in total. The Balaban J connectivity index is 1.67. The van der Waals surface area contributed by atoms with E-state index in [1.807, 2.05) is 36.4 Å². The summed E-state index contributed by atoms with van der Waals surface area (Å²) in [7, 11) is 0. The number of carbonyl (C=O) groups is 1. The molecular formula is C16H16N2O2. The summed E-state index contributed by atoms with van der Waals surface area (Å²) in [4.78, 5) is 11.8. The van der Waals surface area contributed by atoms with Gasteiger partial charge in [0.2, 0.25) is 0 Å². The molecule has 0 aromatic heterocycles. The number of amides is 1. The summed E-state index contributed by atoms with van der Waals surface area (Å²) < 4.78 is 5.20. The Bertz CT molecular complexity index is 611. The normalized spacial score (nSPS) is 13.0. The van der Waals surface area contributed by atoms with Gasteiger partial charge in [-0.1, -0.05) is 18.2 Å². The molecule has 1 amide bonds. The maximum Gasteiger partial charge on any atom is 0.417 e. The van der Waals surface area contributed by atoms with E-state index < -0.39 is 6.09 Å². The zero-order valence-corrected chi connectivity index (χ0v) is 11.1. The van der Waals surface area contributed by atoms with Crippen molar-refractivity contribution in [3.63, 3.8) is 0 Å². The summed E-state index contributed by atoms with van der Waals surface area (Å²) in [6.07, 6.45) is 1.68. The second-order valence-electron chi connectivity index (χ2n) is 4.73. The monoisotopic (exact) mass is 268 g/mol. The predicted octanol–water partition coefficient (Wildman–Crippen LogP) is 3.66. The maximum absolute atomic E-state index is 11.8. The molecule has 0 aliphatic carbocycles. The van der Waals surface area contributed by atoms with Gasteiger partial charge < -0.3 is 10.1 Å². The van der Waals surface area contributed by atoms with Crippen molar-refractivity contribution >= 4 is 17.5 Å². The fourth-order valence-electron chi connectivity index (χ4n) is 2.29. The van der Waals surface area contributed by atoms with Crippen molar-refractivity contribution in [2.24, 2.45) is 0 Å². The third-order valence-corrected chi connectivity index (χ3v) is 3.24. The molecule has 0 fully saturated rings. The van der Waals surface area contributed by atoms with Crippen molar-refractivity contribution < 1.29 is 9.53 Å². The number of nitrogens with one attached hydrogen (secondary N) is 2. The number of hydrogen-bond acceptors (Lipinski definition) is 3. The Morgan fingerprint density at radius 3 is 2.85 bits per heavy atom. The predicted molar refractivity (Wildman–Crippen MR) is 79.3 cm³/mol. The van der Waals surface area contributed by atoms with E-state index in [1.165, 1.54) is 5.56 Å². The minimum absolute atomic E-state index is 0.472. The number of carbonyl (C=O) groups excluding carboxylic acids is 1. The van der Waals surface area contributed by atoms with E-state index in [2.05, 4.69) is 10.6 Å². The maximum atomic E-state index is 11.8. The van der Waals surface area contributed by atoms with Crippen molar-refractivity contribution in [1.29, 1.82) is 0 Å². The molecule has 4 nitrogen and oxygen atoms in total. The first-order valence-electron chi connectivity index (χ1n) is 6.72. The lowest BCUT2D eigenvalue weighted by Crippen LogP contribution is -2.17. The Morgan fingerprint density at radius 2 is 2.00 bits per heavy atom. The average Bonchev–Trinajstić information content (AvgIpc) is 2.48. The molecule has 0 atom stereocenters. The average molecular weight is 268 g/mol. The number of hydrogen-bond donors (Lipinski definition) is 2. The molecule has 1 aliphatic rings. The smallest absolute Gasteiger partial charge is 0.410 e. The third kappa shape index (κ3) is 2.91. The van der Waals surface area contributed by atoms with Crippen LogP contribution in [0.3, 0.4) is 0 Å². The number of rotatable bonds is 2. The lowest BCUT2D eigenvalue weighted by Gasteiger charge is -2.18. The molecular weight excluding hydrogens is 252 g/mol. The third-order valence-electron chi connectivity index (χ3n) is 3.24. The molecule has 1 aliphatic heterocycles. The molecule has 0 saturated carbocycles. The molecule has 1 heterocycles. The van der Waals surface area contributed by atoms with E-state index in [0.29, 0.717) is 5.75 Å². The second kappa shape index (κ2) is 5.65. The summed E-state index contributed by atoms with van der Waals surface area (Å²) >= 11 is 0. The summed E-state index contributed by atoms with van der Waals surface area (Å²) in [5.41, 5.74) is 3.14. The standard InChI is InChI=1S/C16H16N2O2/c19-16(20-14-6-2-1-3-7-14)18-13-8-9-15-12(11-13)5-4-10-17-15/h1-3,6-9,11,17H,4-5,10H2,(H,18,19). The number of fused-ring (bicyclic) bond motifs is 1. The first-order valence-corrected chi connectivity index (χ1v) is 6.72. The van der Waals surface area contributed by atoms with Gasteiger partial charge >= 0.3 is 6.09 Å². The first kappa shape index (κ1) is 12.5. The highest BCUT2D eigenvalue weighted by atomic mass is 16.6. The van der Waals surface area contributed by atoms with Crippen LogP contribution in [0.2, 0.25) is 0 Å². The molecule has 20 heavy (non-hydrogen) atoms. The van der Waals surface area contributed by atoms with Crippen LogP contribution in [-0.2, 0) is 6.42 Å². The molecule has 0 radical (unpaired) electrons. The first-order chi connectivity index (χ1) is 9.81. The SMILES string of the molecule is O=C(Nc1ccc2c(c1)CCCN2)Oc1ccccc1. The highest BCUT2D eigenvalue weighted by Gasteiger charge is 2.10. The highest BCUT2D eigenvalue weighted by Crippen LogP contribution is 2.25. The fraction of sp³-hybridized carbons (Fsp3) is 0.188. The van der Waals surface area contributed by atoms with E-state index in [1.54, 1.807) is 12.1 Å². The molecule has 4 heteroatoms. The van der Waals surface area contributed by atoms with E-state index in [-0.39, 0.29) is 0 Å². The number of aryl methyl sites for hydroxylation is 1. The molecule has 2 aromatic carbocycles. The van der Waals surface area contributed by atoms with Crippen LogP contribution in [0.5, 0.6) is 5.75 Å². The molecule has 102 valence electrons. The lowest BCUT2D eigenvalue weighted by atomic mass is 10.0. The highest BCUT2D eigenvalue weighted by molar-refractivity contribution is 5.86. The van der Waals surface area contributed by atoms with Crippen molar-refractivity contribution in [2.75, 3.05) is 17.2 Å². The van der Waals surface area contributed by atoms with Crippen molar-refractivity contribution in [3.05, 3.63) is 54.1 Å². The molecule has 3 rings (SSSR count). The molecule has 2 aromatic rings. The summed E-state index contributed by atoms with van der Waals surface area (Å²) in [6.45, 7) is 1.01. The van der Waals surface area contributed by atoms with E-state index >= 15 is 0 Å². The van der Waals surface area contributed by atoms with Gasteiger partial charge in [0.15, 0.2) is 0 Å². The summed E-state index contributed by atoms with van der Waals surface area (Å²) in [5, 5.41) is 6.09. The van der Waals surface area contributed by atoms with Crippen LogP contribution in [-0.4, -0.2) is 12.6 Å². The van der Waals surface area contributed by atoms with Crippen molar-refractivity contribution in [1.82, 2.24) is 0 Å². The molecule has 0 unspecified atom stereocenters. The van der Waals surface area contributed by atoms with Crippen LogP contribution < -0.4 is 15.4 Å². The van der Waals surface area contributed by atoms with Crippen LogP contribution in [0.1, 0.15) is 12.0 Å².